The molecule has 3 rings (SSSR count). The summed E-state index contributed by atoms with van der Waals surface area (Å²) >= 11 is 0. The molecule has 0 aliphatic heterocycles. The molecule has 0 saturated carbocycles. The van der Waals surface area contributed by atoms with Crippen molar-refractivity contribution >= 4 is 0 Å². The van der Waals surface area contributed by atoms with Gasteiger partial charge in [0, 0.05) is 5.41 Å². The minimum atomic E-state index is 0.140. The molecule has 2 aromatic rings. The third kappa shape index (κ3) is 1.45. The average molecular weight is 236 g/mol. The second-order valence-corrected chi connectivity index (χ2v) is 6.13. The van der Waals surface area contributed by atoms with Crippen molar-refractivity contribution in [1.82, 2.24) is 0 Å². The summed E-state index contributed by atoms with van der Waals surface area (Å²) in [4.78, 5) is 0. The van der Waals surface area contributed by atoms with Crippen molar-refractivity contribution in [3.05, 3.63) is 59.2 Å². The van der Waals surface area contributed by atoms with Gasteiger partial charge in [-0.05, 0) is 33.7 Å². The molecule has 0 amide bonds. The van der Waals surface area contributed by atoms with Crippen LogP contribution in [0.3, 0.4) is 0 Å². The molecule has 0 heteroatoms. The lowest BCUT2D eigenvalue weighted by atomic mass is 9.82. The molecular formula is C18H20. The number of fused-ring (bicyclic) bond motifs is 3. The van der Waals surface area contributed by atoms with E-state index in [1.807, 2.05) is 0 Å². The minimum Gasteiger partial charge on any atom is -0.0619 e. The standard InChI is InChI=1S/C18H20/c1-12(2)13-9-10-17-15(11-13)14-7-5-6-8-16(14)18(17,3)4/h5-12H,1-4H3. The summed E-state index contributed by atoms with van der Waals surface area (Å²) in [5, 5.41) is 0. The number of rotatable bonds is 1. The molecule has 0 saturated heterocycles. The molecule has 0 bridgehead atoms. The molecule has 0 fully saturated rings. The van der Waals surface area contributed by atoms with E-state index >= 15 is 0 Å². The van der Waals surface area contributed by atoms with Crippen molar-refractivity contribution in [2.24, 2.45) is 0 Å². The first-order valence-corrected chi connectivity index (χ1v) is 6.76. The van der Waals surface area contributed by atoms with Gasteiger partial charge in [-0.3, -0.25) is 0 Å². The molecule has 2 aromatic carbocycles. The summed E-state index contributed by atoms with van der Waals surface area (Å²) < 4.78 is 0. The molecular weight excluding hydrogens is 216 g/mol. The Bertz CT molecular complexity index is 603. The molecule has 0 nitrogen and oxygen atoms in total. The first kappa shape index (κ1) is 11.5. The van der Waals surface area contributed by atoms with Gasteiger partial charge in [0.1, 0.15) is 0 Å². The molecule has 0 unspecified atom stereocenters. The van der Waals surface area contributed by atoms with Crippen LogP contribution < -0.4 is 0 Å². The van der Waals surface area contributed by atoms with Gasteiger partial charge in [0.15, 0.2) is 0 Å². The molecule has 92 valence electrons. The SMILES string of the molecule is CC(C)c1ccc2c(c1)-c1ccccc1C2(C)C. The van der Waals surface area contributed by atoms with Crippen LogP contribution in [-0.4, -0.2) is 0 Å². The highest BCUT2D eigenvalue weighted by molar-refractivity contribution is 5.81. The lowest BCUT2D eigenvalue weighted by Gasteiger charge is -2.21. The van der Waals surface area contributed by atoms with E-state index in [0.29, 0.717) is 5.92 Å². The third-order valence-electron chi connectivity index (χ3n) is 4.27. The predicted octanol–water partition coefficient (Wildman–Crippen LogP) is 5.12. The van der Waals surface area contributed by atoms with Gasteiger partial charge < -0.3 is 0 Å². The van der Waals surface area contributed by atoms with Crippen molar-refractivity contribution < 1.29 is 0 Å². The van der Waals surface area contributed by atoms with Crippen molar-refractivity contribution in [2.75, 3.05) is 0 Å². The Morgan fingerprint density at radius 1 is 0.833 bits per heavy atom. The van der Waals surface area contributed by atoms with E-state index in [4.69, 9.17) is 0 Å². The maximum absolute atomic E-state index is 2.38. The second kappa shape index (κ2) is 3.71. The first-order valence-electron chi connectivity index (χ1n) is 6.76. The summed E-state index contributed by atoms with van der Waals surface area (Å²) in [6.07, 6.45) is 0. The molecule has 1 aliphatic rings. The van der Waals surface area contributed by atoms with Crippen molar-refractivity contribution in [3.8, 4) is 11.1 Å². The summed E-state index contributed by atoms with van der Waals surface area (Å²) in [6, 6.07) is 15.8. The molecule has 0 N–H and O–H groups in total. The summed E-state index contributed by atoms with van der Waals surface area (Å²) in [5.74, 6) is 0.589. The van der Waals surface area contributed by atoms with Crippen LogP contribution in [0.25, 0.3) is 11.1 Å². The highest BCUT2D eigenvalue weighted by Crippen LogP contribution is 2.48. The number of hydrogen-bond acceptors (Lipinski definition) is 0. The fourth-order valence-corrected chi connectivity index (χ4v) is 3.10. The maximum atomic E-state index is 2.38. The van der Waals surface area contributed by atoms with Gasteiger partial charge in [-0.25, -0.2) is 0 Å². The zero-order chi connectivity index (χ0) is 12.9. The van der Waals surface area contributed by atoms with Crippen LogP contribution in [0.4, 0.5) is 0 Å². The van der Waals surface area contributed by atoms with E-state index in [1.54, 1.807) is 0 Å². The Balaban J connectivity index is 2.30. The predicted molar refractivity (Wildman–Crippen MR) is 78.1 cm³/mol. The van der Waals surface area contributed by atoms with Crippen molar-refractivity contribution in [2.45, 2.75) is 39.0 Å². The van der Waals surface area contributed by atoms with Crippen LogP contribution in [0, 0.1) is 0 Å². The van der Waals surface area contributed by atoms with Gasteiger partial charge in [0.2, 0.25) is 0 Å². The molecule has 18 heavy (non-hydrogen) atoms. The third-order valence-corrected chi connectivity index (χ3v) is 4.27. The Morgan fingerprint density at radius 2 is 1.50 bits per heavy atom. The Labute approximate surface area is 110 Å². The molecule has 1 aliphatic carbocycles. The lowest BCUT2D eigenvalue weighted by molar-refractivity contribution is 0.660. The van der Waals surface area contributed by atoms with Crippen LogP contribution in [0.15, 0.2) is 42.5 Å². The summed E-state index contributed by atoms with van der Waals surface area (Å²) in [5.41, 5.74) is 7.35. The minimum absolute atomic E-state index is 0.140. The zero-order valence-corrected chi connectivity index (χ0v) is 11.6. The van der Waals surface area contributed by atoms with Gasteiger partial charge in [-0.2, -0.15) is 0 Å². The van der Waals surface area contributed by atoms with Crippen LogP contribution in [0.5, 0.6) is 0 Å². The largest absolute Gasteiger partial charge is 0.0619 e. The summed E-state index contributed by atoms with van der Waals surface area (Å²) in [6.45, 7) is 9.17. The van der Waals surface area contributed by atoms with Crippen molar-refractivity contribution in [1.29, 1.82) is 0 Å². The summed E-state index contributed by atoms with van der Waals surface area (Å²) in [7, 11) is 0. The van der Waals surface area contributed by atoms with E-state index in [2.05, 4.69) is 70.2 Å². The van der Waals surface area contributed by atoms with Gasteiger partial charge in [-0.15, -0.1) is 0 Å². The van der Waals surface area contributed by atoms with E-state index in [1.165, 1.54) is 27.8 Å². The van der Waals surface area contributed by atoms with E-state index in [9.17, 15) is 0 Å². The van der Waals surface area contributed by atoms with Gasteiger partial charge in [-0.1, -0.05) is 70.2 Å². The van der Waals surface area contributed by atoms with E-state index in [0.717, 1.165) is 0 Å². The fraction of sp³-hybridized carbons (Fsp3) is 0.333. The monoisotopic (exact) mass is 236 g/mol. The van der Waals surface area contributed by atoms with Gasteiger partial charge in [0.25, 0.3) is 0 Å². The van der Waals surface area contributed by atoms with Crippen molar-refractivity contribution in [3.63, 3.8) is 0 Å². The smallest absolute Gasteiger partial charge is 0.0158 e. The average Bonchev–Trinajstić information content (AvgIpc) is 2.59. The lowest BCUT2D eigenvalue weighted by Crippen LogP contribution is -2.14. The first-order chi connectivity index (χ1) is 8.51. The normalized spacial score (nSPS) is 15.6. The van der Waals surface area contributed by atoms with Gasteiger partial charge >= 0.3 is 0 Å². The Hall–Kier alpha value is -1.56. The second-order valence-electron chi connectivity index (χ2n) is 6.13. The van der Waals surface area contributed by atoms with Crippen LogP contribution >= 0.6 is 0 Å². The maximum Gasteiger partial charge on any atom is 0.0158 e. The Kier molecular flexibility index (Phi) is 2.38. The molecule has 0 radical (unpaired) electrons. The molecule has 0 spiro atoms. The van der Waals surface area contributed by atoms with Crippen LogP contribution in [0.1, 0.15) is 50.3 Å². The Morgan fingerprint density at radius 3 is 2.22 bits per heavy atom. The zero-order valence-electron chi connectivity index (χ0n) is 11.6. The van der Waals surface area contributed by atoms with E-state index in [-0.39, 0.29) is 5.41 Å². The topological polar surface area (TPSA) is 0 Å². The molecule has 0 heterocycles. The quantitative estimate of drug-likeness (QED) is 0.645. The molecule has 0 atom stereocenters. The molecule has 0 aromatic heterocycles. The highest BCUT2D eigenvalue weighted by atomic mass is 14.4. The highest BCUT2D eigenvalue weighted by Gasteiger charge is 2.34. The fourth-order valence-electron chi connectivity index (χ4n) is 3.10. The number of benzene rings is 2. The van der Waals surface area contributed by atoms with E-state index < -0.39 is 0 Å². The van der Waals surface area contributed by atoms with Gasteiger partial charge in [0.05, 0.1) is 0 Å². The number of hydrogen-bond donors (Lipinski definition) is 0. The van der Waals surface area contributed by atoms with Crippen LogP contribution in [0.2, 0.25) is 0 Å². The van der Waals surface area contributed by atoms with Crippen LogP contribution in [-0.2, 0) is 5.41 Å².